The summed E-state index contributed by atoms with van der Waals surface area (Å²) in [5.74, 6) is -0.0217. The molecular formula is C17H14ClFN4O. The van der Waals surface area contributed by atoms with Gasteiger partial charge in [0.15, 0.2) is 0 Å². The SMILES string of the molecule is OCC(Nc1cncc(-c2cc(Cl)ccc2F)n1)c1cccnc1. The van der Waals surface area contributed by atoms with Crippen molar-refractivity contribution in [3.63, 3.8) is 0 Å². The van der Waals surface area contributed by atoms with Crippen molar-refractivity contribution in [3.8, 4) is 11.3 Å². The molecule has 0 amide bonds. The molecule has 0 saturated carbocycles. The minimum Gasteiger partial charge on any atom is -0.394 e. The van der Waals surface area contributed by atoms with E-state index in [0.29, 0.717) is 16.5 Å². The van der Waals surface area contributed by atoms with Crippen molar-refractivity contribution in [1.29, 1.82) is 0 Å². The topological polar surface area (TPSA) is 70.9 Å². The Morgan fingerprint density at radius 3 is 2.79 bits per heavy atom. The summed E-state index contributed by atoms with van der Waals surface area (Å²) in [4.78, 5) is 12.5. The molecule has 0 aliphatic rings. The molecule has 1 aromatic carbocycles. The molecule has 0 aliphatic heterocycles. The summed E-state index contributed by atoms with van der Waals surface area (Å²) in [6.45, 7) is -0.150. The number of anilines is 1. The van der Waals surface area contributed by atoms with Crippen LogP contribution in [0.25, 0.3) is 11.3 Å². The van der Waals surface area contributed by atoms with Gasteiger partial charge in [-0.15, -0.1) is 0 Å². The van der Waals surface area contributed by atoms with E-state index in [0.717, 1.165) is 5.56 Å². The van der Waals surface area contributed by atoms with E-state index in [2.05, 4.69) is 20.3 Å². The zero-order valence-electron chi connectivity index (χ0n) is 12.5. The molecule has 1 unspecified atom stereocenters. The average Bonchev–Trinajstić information content (AvgIpc) is 2.62. The van der Waals surface area contributed by atoms with Crippen LogP contribution in [0.5, 0.6) is 0 Å². The van der Waals surface area contributed by atoms with Crippen LogP contribution < -0.4 is 5.32 Å². The van der Waals surface area contributed by atoms with E-state index >= 15 is 0 Å². The van der Waals surface area contributed by atoms with Gasteiger partial charge < -0.3 is 10.4 Å². The molecule has 2 heterocycles. The summed E-state index contributed by atoms with van der Waals surface area (Å²) in [5, 5.41) is 13.1. The summed E-state index contributed by atoms with van der Waals surface area (Å²) < 4.78 is 14.0. The average molecular weight is 345 g/mol. The van der Waals surface area contributed by atoms with E-state index in [-0.39, 0.29) is 12.2 Å². The number of hydrogen-bond acceptors (Lipinski definition) is 5. The lowest BCUT2D eigenvalue weighted by Crippen LogP contribution is -2.16. The fourth-order valence-corrected chi connectivity index (χ4v) is 2.43. The van der Waals surface area contributed by atoms with Crippen LogP contribution in [-0.2, 0) is 0 Å². The van der Waals surface area contributed by atoms with Crippen molar-refractivity contribution in [3.05, 3.63) is 71.5 Å². The second-order valence-electron chi connectivity index (χ2n) is 5.08. The van der Waals surface area contributed by atoms with Crippen LogP contribution in [0.3, 0.4) is 0 Å². The monoisotopic (exact) mass is 344 g/mol. The molecule has 5 nitrogen and oxygen atoms in total. The third kappa shape index (κ3) is 3.67. The van der Waals surface area contributed by atoms with E-state index in [4.69, 9.17) is 11.6 Å². The number of rotatable bonds is 5. The number of benzene rings is 1. The Labute approximate surface area is 143 Å². The van der Waals surface area contributed by atoms with Crippen LogP contribution in [0, 0.1) is 5.82 Å². The fraction of sp³-hybridized carbons (Fsp3) is 0.118. The Balaban J connectivity index is 1.89. The standard InChI is InChI=1S/C17H14ClFN4O/c18-12-3-4-14(19)13(6-12)15-8-21-9-17(22-15)23-16(10-24)11-2-1-5-20-7-11/h1-9,16,24H,10H2,(H,22,23). The first-order chi connectivity index (χ1) is 11.7. The van der Waals surface area contributed by atoms with Crippen LogP contribution in [0.1, 0.15) is 11.6 Å². The molecule has 7 heteroatoms. The van der Waals surface area contributed by atoms with Crippen molar-refractivity contribution < 1.29 is 9.50 Å². The molecule has 2 aromatic heterocycles. The van der Waals surface area contributed by atoms with E-state index in [1.165, 1.54) is 30.6 Å². The number of nitrogens with zero attached hydrogens (tertiary/aromatic N) is 3. The van der Waals surface area contributed by atoms with Gasteiger partial charge in [0.2, 0.25) is 0 Å². The van der Waals surface area contributed by atoms with E-state index in [1.54, 1.807) is 18.5 Å². The maximum atomic E-state index is 14.0. The van der Waals surface area contributed by atoms with Crippen LogP contribution in [0.4, 0.5) is 10.2 Å². The second-order valence-corrected chi connectivity index (χ2v) is 5.52. The number of pyridine rings is 1. The largest absolute Gasteiger partial charge is 0.394 e. The summed E-state index contributed by atoms with van der Waals surface area (Å²) in [6.07, 6.45) is 6.27. The number of aliphatic hydroxyl groups excluding tert-OH is 1. The van der Waals surface area contributed by atoms with Crippen molar-refractivity contribution in [1.82, 2.24) is 15.0 Å². The molecule has 0 fully saturated rings. The van der Waals surface area contributed by atoms with Crippen LogP contribution in [0.15, 0.2) is 55.1 Å². The number of aromatic nitrogens is 3. The molecular weight excluding hydrogens is 331 g/mol. The molecule has 122 valence electrons. The molecule has 24 heavy (non-hydrogen) atoms. The molecule has 2 N–H and O–H groups in total. The molecule has 3 aromatic rings. The lowest BCUT2D eigenvalue weighted by molar-refractivity contribution is 0.276. The molecule has 3 rings (SSSR count). The highest BCUT2D eigenvalue weighted by atomic mass is 35.5. The molecule has 0 bridgehead atoms. The van der Waals surface area contributed by atoms with Crippen molar-refractivity contribution in [2.45, 2.75) is 6.04 Å². The van der Waals surface area contributed by atoms with Crippen LogP contribution >= 0.6 is 11.6 Å². The second kappa shape index (κ2) is 7.33. The highest BCUT2D eigenvalue weighted by molar-refractivity contribution is 6.30. The van der Waals surface area contributed by atoms with Gasteiger partial charge in [-0.05, 0) is 29.8 Å². The summed E-state index contributed by atoms with van der Waals surface area (Å²) >= 11 is 5.92. The Morgan fingerprint density at radius 2 is 2.04 bits per heavy atom. The summed E-state index contributed by atoms with van der Waals surface area (Å²) in [7, 11) is 0. The number of nitrogens with one attached hydrogen (secondary N) is 1. The molecule has 0 aliphatic carbocycles. The lowest BCUT2D eigenvalue weighted by Gasteiger charge is -2.17. The normalized spacial score (nSPS) is 12.0. The van der Waals surface area contributed by atoms with Crippen molar-refractivity contribution in [2.24, 2.45) is 0 Å². The zero-order valence-corrected chi connectivity index (χ0v) is 13.3. The first kappa shape index (κ1) is 16.3. The molecule has 1 atom stereocenters. The van der Waals surface area contributed by atoms with Gasteiger partial charge in [0.1, 0.15) is 11.6 Å². The van der Waals surface area contributed by atoms with Gasteiger partial charge in [-0.1, -0.05) is 17.7 Å². The van der Waals surface area contributed by atoms with E-state index < -0.39 is 11.9 Å². The first-order valence-corrected chi connectivity index (χ1v) is 7.60. The van der Waals surface area contributed by atoms with E-state index in [1.807, 2.05) is 6.07 Å². The highest BCUT2D eigenvalue weighted by Crippen LogP contribution is 2.25. The quantitative estimate of drug-likeness (QED) is 0.741. The maximum absolute atomic E-state index is 14.0. The van der Waals surface area contributed by atoms with Gasteiger partial charge in [0.25, 0.3) is 0 Å². The maximum Gasteiger partial charge on any atom is 0.145 e. The highest BCUT2D eigenvalue weighted by Gasteiger charge is 2.13. The third-order valence-corrected chi connectivity index (χ3v) is 3.67. The Kier molecular flexibility index (Phi) is 4.98. The third-order valence-electron chi connectivity index (χ3n) is 3.43. The zero-order chi connectivity index (χ0) is 16.9. The molecule has 0 saturated heterocycles. The van der Waals surface area contributed by atoms with Crippen molar-refractivity contribution in [2.75, 3.05) is 11.9 Å². The Hall–Kier alpha value is -2.57. The van der Waals surface area contributed by atoms with Gasteiger partial charge in [0.05, 0.1) is 30.7 Å². The number of hydrogen-bond donors (Lipinski definition) is 2. The van der Waals surface area contributed by atoms with Crippen LogP contribution in [-0.4, -0.2) is 26.7 Å². The lowest BCUT2D eigenvalue weighted by atomic mass is 10.1. The summed E-state index contributed by atoms with van der Waals surface area (Å²) in [5.41, 5.74) is 1.42. The fourth-order valence-electron chi connectivity index (χ4n) is 2.25. The molecule has 0 spiro atoms. The number of halogens is 2. The smallest absolute Gasteiger partial charge is 0.145 e. The van der Waals surface area contributed by atoms with Gasteiger partial charge in [-0.2, -0.15) is 0 Å². The minimum absolute atomic E-state index is 0.150. The minimum atomic E-state index is -0.434. The van der Waals surface area contributed by atoms with Gasteiger partial charge in [-0.25, -0.2) is 9.37 Å². The van der Waals surface area contributed by atoms with Gasteiger partial charge in [0, 0.05) is 23.0 Å². The number of aliphatic hydroxyl groups is 1. The Morgan fingerprint density at radius 1 is 1.17 bits per heavy atom. The van der Waals surface area contributed by atoms with E-state index in [9.17, 15) is 9.50 Å². The van der Waals surface area contributed by atoms with Gasteiger partial charge >= 0.3 is 0 Å². The summed E-state index contributed by atoms with van der Waals surface area (Å²) in [6, 6.07) is 7.48. The predicted molar refractivity (Wildman–Crippen MR) is 90.1 cm³/mol. The Bertz CT molecular complexity index is 832. The first-order valence-electron chi connectivity index (χ1n) is 7.22. The molecule has 0 radical (unpaired) electrons. The van der Waals surface area contributed by atoms with Crippen molar-refractivity contribution >= 4 is 17.4 Å². The predicted octanol–water partition coefficient (Wildman–Crippen LogP) is 3.48. The van der Waals surface area contributed by atoms with Gasteiger partial charge in [-0.3, -0.25) is 9.97 Å². The van der Waals surface area contributed by atoms with Crippen LogP contribution in [0.2, 0.25) is 5.02 Å².